The van der Waals surface area contributed by atoms with Gasteiger partial charge in [0.25, 0.3) is 14.1 Å². The Morgan fingerprint density at radius 3 is 2.35 bits per heavy atom. The first-order chi connectivity index (χ1) is 17.1. The fraction of sp³-hybridized carbons (Fsp3) is 0.792. The van der Waals surface area contributed by atoms with Crippen LogP contribution in [0.15, 0.2) is 21.9 Å². The van der Waals surface area contributed by atoms with E-state index in [1.54, 1.807) is 0 Å². The summed E-state index contributed by atoms with van der Waals surface area (Å²) in [4.78, 5) is 26.7. The molecule has 1 aliphatic heterocycles. The summed E-state index contributed by atoms with van der Waals surface area (Å²) in [7, 11) is -4.10. The van der Waals surface area contributed by atoms with E-state index in [1.165, 1.54) is 16.8 Å². The van der Waals surface area contributed by atoms with Crippen LogP contribution in [0.25, 0.3) is 0 Å². The predicted molar refractivity (Wildman–Crippen MR) is 144 cm³/mol. The average Bonchev–Trinajstić information content (AvgIpc) is 3.09. The molecular weight excluding hydrogens is 515 g/mol. The summed E-state index contributed by atoms with van der Waals surface area (Å²) in [6.07, 6.45) is -1.74. The van der Waals surface area contributed by atoms with Crippen molar-refractivity contribution in [3.8, 4) is 6.07 Å². The number of rotatable bonds is 12. The largest absolute Gasteiger partial charge is 0.407 e. The maximum absolute atomic E-state index is 12.7. The Morgan fingerprint density at radius 1 is 1.24 bits per heavy atom. The van der Waals surface area contributed by atoms with Crippen LogP contribution in [-0.2, 0) is 18.2 Å². The number of hydrogen-bond acceptors (Lipinski definition) is 9. The van der Waals surface area contributed by atoms with E-state index >= 15 is 0 Å². The van der Waals surface area contributed by atoms with Gasteiger partial charge in [-0.05, 0) is 45.8 Å². The van der Waals surface area contributed by atoms with Gasteiger partial charge in [0.05, 0.1) is 25.7 Å². The van der Waals surface area contributed by atoms with Crippen molar-refractivity contribution in [2.45, 2.75) is 110 Å². The van der Waals surface area contributed by atoms with Crippen molar-refractivity contribution in [1.29, 1.82) is 5.26 Å². The monoisotopic (exact) mass is 558 g/mol. The Hall–Kier alpha value is -1.42. The summed E-state index contributed by atoms with van der Waals surface area (Å²) in [5.74, 6) is 0. The summed E-state index contributed by atoms with van der Waals surface area (Å²) in [6.45, 7) is 18.4. The second-order valence-corrected chi connectivity index (χ2v) is 17.4. The number of nitrogens with one attached hydrogen (secondary N) is 1. The number of aliphatic hydroxyl groups is 1. The highest BCUT2D eigenvalue weighted by Gasteiger charge is 2.53. The molecule has 1 aliphatic rings. The zero-order chi connectivity index (χ0) is 28.1. The Bertz CT molecular complexity index is 1030. The van der Waals surface area contributed by atoms with Gasteiger partial charge in [-0.25, -0.2) is 9.46 Å². The number of aliphatic hydroxyl groups excluding tert-OH is 1. The van der Waals surface area contributed by atoms with Gasteiger partial charge in [-0.3, -0.25) is 14.3 Å². The van der Waals surface area contributed by atoms with Gasteiger partial charge in [0.1, 0.15) is 18.3 Å². The van der Waals surface area contributed by atoms with Gasteiger partial charge >= 0.3 is 5.69 Å². The van der Waals surface area contributed by atoms with E-state index in [2.05, 4.69) is 49.6 Å². The first kappa shape index (κ1) is 31.8. The summed E-state index contributed by atoms with van der Waals surface area (Å²) >= 11 is 0. The summed E-state index contributed by atoms with van der Waals surface area (Å²) in [5.41, 5.74) is -1.16. The highest BCUT2D eigenvalue weighted by atomic mass is 31.2. The standard InChI is InChI=1S/C24H43N4O7PSi/c1-16(2)28(17(3)4)36(32-14-10-12-25)34-20-18(15-29)33-22(27-13-11-19(30)26-23(27)31)21(20)35-37(8,9)24(5,6)7/h11,13,16-18,20-22,29H,10,14-15H2,1-9H3,(H,26,30,31)/t18-,20-,21-,22-,36?/m1/s1. The molecule has 0 bridgehead atoms. The molecule has 2 rings (SSSR count). The van der Waals surface area contributed by atoms with E-state index < -0.39 is 52.6 Å². The molecule has 0 radical (unpaired) electrons. The van der Waals surface area contributed by atoms with Crippen LogP contribution in [0.5, 0.6) is 0 Å². The molecule has 2 heterocycles. The van der Waals surface area contributed by atoms with Crippen molar-refractivity contribution < 1.29 is 23.3 Å². The van der Waals surface area contributed by atoms with Gasteiger partial charge in [-0.2, -0.15) is 5.26 Å². The first-order valence-corrected chi connectivity index (χ1v) is 16.7. The van der Waals surface area contributed by atoms with Crippen LogP contribution in [0, 0.1) is 11.3 Å². The smallest absolute Gasteiger partial charge is 0.330 e. The third-order valence-electron chi connectivity index (χ3n) is 6.70. The van der Waals surface area contributed by atoms with E-state index in [1.807, 2.05) is 27.7 Å². The minimum Gasteiger partial charge on any atom is -0.407 e. The fourth-order valence-electron chi connectivity index (χ4n) is 3.87. The highest BCUT2D eigenvalue weighted by molar-refractivity contribution is 7.44. The molecule has 210 valence electrons. The number of aromatic nitrogens is 2. The third-order valence-corrected chi connectivity index (χ3v) is 13.3. The lowest BCUT2D eigenvalue weighted by Crippen LogP contribution is -2.50. The molecule has 0 amide bonds. The van der Waals surface area contributed by atoms with Crippen molar-refractivity contribution in [2.24, 2.45) is 0 Å². The zero-order valence-corrected chi connectivity index (χ0v) is 25.3. The molecule has 1 unspecified atom stereocenters. The minimum absolute atomic E-state index is 0.0699. The van der Waals surface area contributed by atoms with Crippen molar-refractivity contribution in [3.05, 3.63) is 33.1 Å². The van der Waals surface area contributed by atoms with Crippen molar-refractivity contribution in [3.63, 3.8) is 0 Å². The molecule has 0 aliphatic carbocycles. The van der Waals surface area contributed by atoms with Crippen LogP contribution in [0.2, 0.25) is 18.1 Å². The normalized spacial score (nSPS) is 23.7. The van der Waals surface area contributed by atoms with Crippen molar-refractivity contribution >= 4 is 16.8 Å². The predicted octanol–water partition coefficient (Wildman–Crippen LogP) is 3.48. The Labute approximate surface area is 221 Å². The van der Waals surface area contributed by atoms with Gasteiger partial charge in [0.15, 0.2) is 14.5 Å². The summed E-state index contributed by atoms with van der Waals surface area (Å²) in [6, 6.07) is 3.47. The Morgan fingerprint density at radius 2 is 1.86 bits per heavy atom. The number of ether oxygens (including phenoxy) is 1. The Kier molecular flexibility index (Phi) is 11.2. The van der Waals surface area contributed by atoms with Gasteiger partial charge in [-0.1, -0.05) is 20.8 Å². The molecule has 2 N–H and O–H groups in total. The molecule has 1 aromatic rings. The molecule has 37 heavy (non-hydrogen) atoms. The van der Waals surface area contributed by atoms with Gasteiger partial charge < -0.3 is 23.3 Å². The van der Waals surface area contributed by atoms with Gasteiger partial charge in [-0.15, -0.1) is 0 Å². The van der Waals surface area contributed by atoms with Crippen LogP contribution in [0.1, 0.15) is 61.1 Å². The summed E-state index contributed by atoms with van der Waals surface area (Å²) < 4.78 is 29.0. The van der Waals surface area contributed by atoms with Crippen LogP contribution in [0.4, 0.5) is 0 Å². The number of H-pyrrole nitrogens is 1. The quantitative estimate of drug-likeness (QED) is 0.224. The molecule has 0 saturated carbocycles. The van der Waals surface area contributed by atoms with E-state index in [4.69, 9.17) is 23.5 Å². The molecule has 0 spiro atoms. The van der Waals surface area contributed by atoms with Crippen LogP contribution < -0.4 is 11.2 Å². The van der Waals surface area contributed by atoms with E-state index in [9.17, 15) is 14.7 Å². The van der Waals surface area contributed by atoms with Crippen molar-refractivity contribution in [2.75, 3.05) is 13.2 Å². The molecule has 11 nitrogen and oxygen atoms in total. The molecule has 5 atom stereocenters. The topological polar surface area (TPSA) is 139 Å². The molecule has 13 heteroatoms. The lowest BCUT2D eigenvalue weighted by molar-refractivity contribution is -0.0529. The van der Waals surface area contributed by atoms with Crippen LogP contribution >= 0.6 is 8.53 Å². The van der Waals surface area contributed by atoms with E-state index in [0.29, 0.717) is 0 Å². The second-order valence-electron chi connectivity index (χ2n) is 11.2. The molecule has 0 aromatic carbocycles. The lowest BCUT2D eigenvalue weighted by Gasteiger charge is -2.42. The van der Waals surface area contributed by atoms with Gasteiger partial charge in [0.2, 0.25) is 0 Å². The molecule has 1 fully saturated rings. The maximum atomic E-state index is 12.7. The summed E-state index contributed by atoms with van der Waals surface area (Å²) in [5, 5.41) is 19.2. The highest BCUT2D eigenvalue weighted by Crippen LogP contribution is 2.51. The first-order valence-electron chi connectivity index (χ1n) is 12.6. The zero-order valence-electron chi connectivity index (χ0n) is 23.4. The number of nitrogens with zero attached hydrogens (tertiary/aromatic N) is 3. The molecular formula is C24H43N4O7PSi. The van der Waals surface area contributed by atoms with Gasteiger partial charge in [0, 0.05) is 24.3 Å². The SMILES string of the molecule is CC(C)N(C(C)C)P(OCCC#N)O[C@H]1[C@@H](O[Si](C)(C)C(C)(C)C)[C@H](n2ccc(=O)[nH]c2=O)O[C@@H]1CO. The van der Waals surface area contributed by atoms with E-state index in [-0.39, 0.29) is 36.8 Å². The minimum atomic E-state index is -2.43. The third kappa shape index (κ3) is 7.80. The molecule has 1 aromatic heterocycles. The molecule has 1 saturated heterocycles. The average molecular weight is 559 g/mol. The number of nitriles is 1. The maximum Gasteiger partial charge on any atom is 0.330 e. The van der Waals surface area contributed by atoms with Crippen LogP contribution in [-0.4, -0.2) is 71.3 Å². The number of hydrogen-bond donors (Lipinski definition) is 2. The number of aromatic amines is 1. The van der Waals surface area contributed by atoms with E-state index in [0.717, 1.165) is 0 Å². The second kappa shape index (κ2) is 13.1. The van der Waals surface area contributed by atoms with Crippen LogP contribution in [0.3, 0.4) is 0 Å². The Balaban J connectivity index is 2.58. The fourth-order valence-corrected chi connectivity index (χ4v) is 6.93. The lowest BCUT2D eigenvalue weighted by atomic mass is 10.1. The van der Waals surface area contributed by atoms with Crippen molar-refractivity contribution in [1.82, 2.24) is 14.2 Å².